The molecule has 1 aromatic rings. The average molecular weight is 651 g/mol. The van der Waals surface area contributed by atoms with Gasteiger partial charge in [0.25, 0.3) is 5.56 Å². The van der Waals surface area contributed by atoms with Crippen molar-refractivity contribution in [3.05, 3.63) is 33.1 Å². The van der Waals surface area contributed by atoms with Crippen LogP contribution in [-0.2, 0) is 28.5 Å². The number of nitrogens with one attached hydrogen (secondary N) is 3. The Kier molecular flexibility index (Phi) is 11.1. The molecule has 20 heteroatoms. The van der Waals surface area contributed by atoms with Crippen LogP contribution in [0.5, 0.6) is 0 Å². The Morgan fingerprint density at radius 3 is 1.91 bits per heavy atom. The normalized spacial score (nSPS) is 40.9. The SMILES string of the molecule is CC(=O)NC1C(O)C(O)[C@H](CO)O[C@@H]1O[C@@H]1O[C@H](C[C@@H](O)C2O[C@@H](n3ccc(=O)[nH]c3=O)[C@H](O)[C@@H]2O)C(O)C(O)C1NC(C)=O. The fraction of sp³-hybridized carbons (Fsp3) is 0.760. The lowest BCUT2D eigenvalue weighted by Gasteiger charge is -2.47. The number of hydrogen-bond acceptors (Lipinski definition) is 16. The number of aromatic amines is 1. The van der Waals surface area contributed by atoms with Gasteiger partial charge in [-0.25, -0.2) is 4.79 Å². The van der Waals surface area contributed by atoms with Gasteiger partial charge in [-0.15, -0.1) is 0 Å². The van der Waals surface area contributed by atoms with E-state index in [9.17, 15) is 60.0 Å². The second-order valence-electron chi connectivity index (χ2n) is 11.1. The Bertz CT molecular complexity index is 1310. The van der Waals surface area contributed by atoms with Crippen LogP contribution >= 0.6 is 0 Å². The summed E-state index contributed by atoms with van der Waals surface area (Å²) >= 11 is 0. The van der Waals surface area contributed by atoms with Crippen molar-refractivity contribution in [2.45, 2.75) is 112 Å². The summed E-state index contributed by atoms with van der Waals surface area (Å²) in [4.78, 5) is 49.3. The smallest absolute Gasteiger partial charge is 0.330 e. The molecule has 3 aliphatic rings. The lowest BCUT2D eigenvalue weighted by molar-refractivity contribution is -0.347. The predicted octanol–water partition coefficient (Wildman–Crippen LogP) is -7.18. The Morgan fingerprint density at radius 1 is 0.867 bits per heavy atom. The molecule has 0 aromatic carbocycles. The molecule has 0 spiro atoms. The van der Waals surface area contributed by atoms with Crippen molar-refractivity contribution in [2.75, 3.05) is 6.61 Å². The van der Waals surface area contributed by atoms with Gasteiger partial charge in [0.15, 0.2) is 18.8 Å². The first-order chi connectivity index (χ1) is 21.1. The third kappa shape index (κ3) is 7.42. The van der Waals surface area contributed by atoms with E-state index < -0.39 is 128 Å². The zero-order valence-electron chi connectivity index (χ0n) is 24.0. The van der Waals surface area contributed by atoms with E-state index in [2.05, 4.69) is 10.6 Å². The van der Waals surface area contributed by atoms with E-state index >= 15 is 0 Å². The van der Waals surface area contributed by atoms with E-state index in [1.807, 2.05) is 4.98 Å². The summed E-state index contributed by atoms with van der Waals surface area (Å²) in [6, 6.07) is -1.95. The quantitative estimate of drug-likeness (QED) is 0.118. The van der Waals surface area contributed by atoms with Crippen molar-refractivity contribution >= 4 is 11.8 Å². The number of H-pyrrole nitrogens is 1. The Hall–Kier alpha value is -2.86. The summed E-state index contributed by atoms with van der Waals surface area (Å²) < 4.78 is 23.5. The molecule has 4 heterocycles. The van der Waals surface area contributed by atoms with Crippen molar-refractivity contribution in [2.24, 2.45) is 0 Å². The first-order valence-corrected chi connectivity index (χ1v) is 14.0. The highest BCUT2D eigenvalue weighted by molar-refractivity contribution is 5.73. The van der Waals surface area contributed by atoms with Crippen LogP contribution in [0.2, 0.25) is 0 Å². The van der Waals surface area contributed by atoms with Crippen LogP contribution in [0, 0.1) is 0 Å². The number of rotatable bonds is 9. The number of hydrogen-bond donors (Lipinski definition) is 11. The summed E-state index contributed by atoms with van der Waals surface area (Å²) in [5.74, 6) is -1.35. The molecule has 0 saturated carbocycles. The maximum Gasteiger partial charge on any atom is 0.330 e. The molecule has 20 nitrogen and oxygen atoms in total. The third-order valence-electron chi connectivity index (χ3n) is 7.84. The van der Waals surface area contributed by atoms with Crippen molar-refractivity contribution in [3.8, 4) is 0 Å². The van der Waals surface area contributed by atoms with Gasteiger partial charge in [0.2, 0.25) is 11.8 Å². The topological polar surface area (TPSA) is 312 Å². The number of carbonyl (C=O) groups is 2. The lowest BCUT2D eigenvalue weighted by atomic mass is 9.91. The van der Waals surface area contributed by atoms with E-state index in [1.165, 1.54) is 0 Å². The van der Waals surface area contributed by atoms with Crippen LogP contribution in [0.3, 0.4) is 0 Å². The van der Waals surface area contributed by atoms with Gasteiger partial charge in [0, 0.05) is 32.5 Å². The molecule has 254 valence electrons. The molecule has 3 fully saturated rings. The van der Waals surface area contributed by atoms with Gasteiger partial charge in [-0.2, -0.15) is 0 Å². The Balaban J connectivity index is 1.55. The first kappa shape index (κ1) is 35.0. The van der Waals surface area contributed by atoms with Crippen LogP contribution in [0.25, 0.3) is 0 Å². The number of ether oxygens (including phenoxy) is 4. The van der Waals surface area contributed by atoms with Crippen LogP contribution in [0.15, 0.2) is 21.9 Å². The molecule has 3 aliphatic heterocycles. The second kappa shape index (κ2) is 14.3. The number of aliphatic hydroxyl groups is 8. The molecule has 1 aromatic heterocycles. The van der Waals surface area contributed by atoms with Gasteiger partial charge < -0.3 is 70.4 Å². The van der Waals surface area contributed by atoms with Crippen molar-refractivity contribution in [3.63, 3.8) is 0 Å². The fourth-order valence-electron chi connectivity index (χ4n) is 5.58. The lowest BCUT2D eigenvalue weighted by Crippen LogP contribution is -2.68. The Labute approximate surface area is 253 Å². The van der Waals surface area contributed by atoms with Gasteiger partial charge in [-0.1, -0.05) is 0 Å². The highest BCUT2D eigenvalue weighted by atomic mass is 16.8. The van der Waals surface area contributed by atoms with Crippen molar-refractivity contribution < 1.29 is 69.4 Å². The number of nitrogens with zero attached hydrogens (tertiary/aromatic N) is 1. The zero-order valence-corrected chi connectivity index (χ0v) is 24.0. The zero-order chi connectivity index (χ0) is 33.3. The molecule has 45 heavy (non-hydrogen) atoms. The molecular formula is C25H38N4O16. The van der Waals surface area contributed by atoms with E-state index in [0.29, 0.717) is 0 Å². The highest BCUT2D eigenvalue weighted by Crippen LogP contribution is 2.34. The third-order valence-corrected chi connectivity index (χ3v) is 7.84. The minimum Gasteiger partial charge on any atom is -0.394 e. The molecule has 0 bridgehead atoms. The minimum atomic E-state index is -1.82. The molecular weight excluding hydrogens is 612 g/mol. The standard InChI is InChI=1S/C25H38N4O16/c1-7(31)26-13-17(37)15(35)10(42-23(13)45-24-14(27-8(2)32)18(38)16(36)11(6-30)43-24)5-9(33)21-19(39)20(40)22(44-21)29-4-3-12(34)28-25(29)41/h3-4,9-11,13-24,30,33,35-40H,5-6H2,1-2H3,(H,26,31)(H,27,32)(H,28,34,41)/t9-,10-,11+,13?,14?,15?,16?,17?,18?,19+,20-,21?,22-,23+,24-/m1/s1. The van der Waals surface area contributed by atoms with E-state index in [1.54, 1.807) is 0 Å². The molecule has 11 N–H and O–H groups in total. The van der Waals surface area contributed by atoms with E-state index in [4.69, 9.17) is 18.9 Å². The second-order valence-corrected chi connectivity index (χ2v) is 11.1. The summed E-state index contributed by atoms with van der Waals surface area (Å²) in [6.45, 7) is 1.43. The monoisotopic (exact) mass is 650 g/mol. The largest absolute Gasteiger partial charge is 0.394 e. The van der Waals surface area contributed by atoms with E-state index in [0.717, 1.165) is 30.7 Å². The number of aromatic nitrogens is 2. The maximum atomic E-state index is 12.2. The summed E-state index contributed by atoms with van der Waals surface area (Å²) in [6.07, 6.45) is -21.1. The van der Waals surface area contributed by atoms with Gasteiger partial charge in [-0.05, 0) is 0 Å². The van der Waals surface area contributed by atoms with Gasteiger partial charge in [0.05, 0.1) is 18.8 Å². The Morgan fingerprint density at radius 2 is 1.40 bits per heavy atom. The summed E-state index contributed by atoms with van der Waals surface area (Å²) in [5.41, 5.74) is -1.69. The van der Waals surface area contributed by atoms with Crippen LogP contribution in [-0.4, -0.2) is 155 Å². The predicted molar refractivity (Wildman–Crippen MR) is 143 cm³/mol. The highest BCUT2D eigenvalue weighted by Gasteiger charge is 2.53. The first-order valence-electron chi connectivity index (χ1n) is 14.0. The average Bonchev–Trinajstić information content (AvgIpc) is 3.26. The maximum absolute atomic E-state index is 12.2. The summed E-state index contributed by atoms with van der Waals surface area (Å²) in [7, 11) is 0. The molecule has 15 atom stereocenters. The molecule has 2 amide bonds. The fourth-order valence-corrected chi connectivity index (χ4v) is 5.58. The van der Waals surface area contributed by atoms with Gasteiger partial charge >= 0.3 is 5.69 Å². The minimum absolute atomic E-state index is 0.589. The van der Waals surface area contributed by atoms with Crippen LogP contribution < -0.4 is 21.9 Å². The molecule has 7 unspecified atom stereocenters. The van der Waals surface area contributed by atoms with Crippen LogP contribution in [0.1, 0.15) is 26.5 Å². The van der Waals surface area contributed by atoms with E-state index in [-0.39, 0.29) is 0 Å². The van der Waals surface area contributed by atoms with Crippen molar-refractivity contribution in [1.29, 1.82) is 0 Å². The van der Waals surface area contributed by atoms with Crippen molar-refractivity contribution in [1.82, 2.24) is 20.2 Å². The number of carbonyl (C=O) groups excluding carboxylic acids is 2. The van der Waals surface area contributed by atoms with Gasteiger partial charge in [0.1, 0.15) is 60.9 Å². The molecule has 4 rings (SSSR count). The number of aliphatic hydroxyl groups excluding tert-OH is 8. The number of amides is 2. The van der Waals surface area contributed by atoms with Crippen LogP contribution in [0.4, 0.5) is 0 Å². The summed E-state index contributed by atoms with van der Waals surface area (Å²) in [5, 5.41) is 89.1. The van der Waals surface area contributed by atoms with Gasteiger partial charge in [-0.3, -0.25) is 23.9 Å². The molecule has 0 aliphatic carbocycles. The molecule has 3 saturated heterocycles. The molecule has 0 radical (unpaired) electrons.